The van der Waals surface area contributed by atoms with Crippen LogP contribution in [0, 0.1) is 0 Å². The Kier molecular flexibility index (Phi) is 4.88. The van der Waals surface area contributed by atoms with Crippen molar-refractivity contribution in [2.75, 3.05) is 69.6 Å². The fraction of sp³-hybridized carbons (Fsp3) is 0.440. The zero-order chi connectivity index (χ0) is 21.7. The molecule has 0 radical (unpaired) electrons. The standard InChI is InChI=1S/C25H29N5O2/c1-28-12-14-30(15-13-28)20-16-19(26-8-11-29-9-4-5-10-29)21-22-23(20)27-32-25(22)18-7-3-2-6-17(18)24(21)31/h2-3,6-7,16,26H,4-5,8-15H2,1H3. The number of hydrogen-bond donors (Lipinski definition) is 1. The third-order valence-corrected chi connectivity index (χ3v) is 7.16. The number of nitrogens with one attached hydrogen (secondary N) is 1. The molecule has 2 aliphatic heterocycles. The molecule has 1 aromatic heterocycles. The van der Waals surface area contributed by atoms with E-state index in [0.717, 1.165) is 67.1 Å². The van der Waals surface area contributed by atoms with Crippen LogP contribution in [0.5, 0.6) is 0 Å². The van der Waals surface area contributed by atoms with Crippen molar-refractivity contribution in [1.29, 1.82) is 0 Å². The number of nitrogens with zero attached hydrogens (tertiary/aromatic N) is 4. The van der Waals surface area contributed by atoms with Crippen molar-refractivity contribution in [1.82, 2.24) is 15.0 Å². The van der Waals surface area contributed by atoms with Crippen LogP contribution >= 0.6 is 0 Å². The van der Waals surface area contributed by atoms with Crippen LogP contribution in [0.15, 0.2) is 34.9 Å². The summed E-state index contributed by atoms with van der Waals surface area (Å²) in [6.45, 7) is 8.03. The van der Waals surface area contributed by atoms with E-state index in [9.17, 15) is 4.79 Å². The highest BCUT2D eigenvalue weighted by Crippen LogP contribution is 2.45. The maximum atomic E-state index is 13.6. The lowest BCUT2D eigenvalue weighted by molar-refractivity contribution is 0.104. The summed E-state index contributed by atoms with van der Waals surface area (Å²) in [5.41, 5.74) is 4.98. The molecule has 2 saturated heterocycles. The highest BCUT2D eigenvalue weighted by Gasteiger charge is 2.34. The van der Waals surface area contributed by atoms with Crippen LogP contribution in [0.25, 0.3) is 22.2 Å². The van der Waals surface area contributed by atoms with Crippen molar-refractivity contribution < 1.29 is 9.32 Å². The second-order valence-electron chi connectivity index (χ2n) is 9.19. The minimum atomic E-state index is 0.0508. The molecule has 7 heteroatoms. The molecule has 32 heavy (non-hydrogen) atoms. The smallest absolute Gasteiger partial charge is 0.196 e. The van der Waals surface area contributed by atoms with Crippen LogP contribution in [-0.4, -0.2) is 80.1 Å². The van der Waals surface area contributed by atoms with Crippen molar-refractivity contribution >= 4 is 28.1 Å². The number of fused-ring (bicyclic) bond motifs is 2. The Bertz CT molecular complexity index is 1170. The second-order valence-corrected chi connectivity index (χ2v) is 9.19. The van der Waals surface area contributed by atoms with Gasteiger partial charge in [-0.1, -0.05) is 29.4 Å². The molecular weight excluding hydrogens is 402 g/mol. The van der Waals surface area contributed by atoms with Gasteiger partial charge in [-0.2, -0.15) is 0 Å². The molecule has 166 valence electrons. The SMILES string of the molecule is CN1CCN(c2cc(NCCN3CCCC3)c3c4c(onc24)-c2ccccc2C3=O)CC1. The molecule has 0 unspecified atom stereocenters. The van der Waals surface area contributed by atoms with E-state index < -0.39 is 0 Å². The maximum absolute atomic E-state index is 13.6. The fourth-order valence-corrected chi connectivity index (χ4v) is 5.33. The van der Waals surface area contributed by atoms with E-state index in [1.165, 1.54) is 25.9 Å². The highest BCUT2D eigenvalue weighted by molar-refractivity contribution is 6.28. The van der Waals surface area contributed by atoms with Crippen molar-refractivity contribution in [2.45, 2.75) is 12.8 Å². The van der Waals surface area contributed by atoms with E-state index in [1.807, 2.05) is 24.3 Å². The van der Waals surface area contributed by atoms with Crippen molar-refractivity contribution in [3.8, 4) is 11.3 Å². The van der Waals surface area contributed by atoms with E-state index in [4.69, 9.17) is 4.52 Å². The van der Waals surface area contributed by atoms with Gasteiger partial charge in [0.05, 0.1) is 16.6 Å². The molecule has 0 spiro atoms. The predicted octanol–water partition coefficient (Wildman–Crippen LogP) is 3.30. The van der Waals surface area contributed by atoms with Crippen LogP contribution in [0.1, 0.15) is 28.8 Å². The molecular formula is C25H29N5O2. The quantitative estimate of drug-likeness (QED) is 0.520. The lowest BCUT2D eigenvalue weighted by Crippen LogP contribution is -2.44. The highest BCUT2D eigenvalue weighted by atomic mass is 16.5. The van der Waals surface area contributed by atoms with Crippen LogP contribution in [0.3, 0.4) is 0 Å². The number of likely N-dealkylation sites (N-methyl/N-ethyl adjacent to an activating group) is 1. The van der Waals surface area contributed by atoms with Gasteiger partial charge >= 0.3 is 0 Å². The Morgan fingerprint density at radius 1 is 1.03 bits per heavy atom. The van der Waals surface area contributed by atoms with E-state index >= 15 is 0 Å². The topological polar surface area (TPSA) is 64.8 Å². The Labute approximate surface area is 187 Å². The Hall–Kier alpha value is -2.90. The van der Waals surface area contributed by atoms with Gasteiger partial charge in [0.15, 0.2) is 11.5 Å². The number of likely N-dealkylation sites (tertiary alicyclic amines) is 1. The predicted molar refractivity (Wildman–Crippen MR) is 127 cm³/mol. The maximum Gasteiger partial charge on any atom is 0.196 e. The number of ketones is 1. The summed E-state index contributed by atoms with van der Waals surface area (Å²) in [5, 5.41) is 8.95. The Morgan fingerprint density at radius 2 is 1.78 bits per heavy atom. The number of anilines is 2. The molecule has 2 aromatic carbocycles. The molecule has 0 bridgehead atoms. The van der Waals surface area contributed by atoms with E-state index in [1.54, 1.807) is 0 Å². The first kappa shape index (κ1) is 19.8. The van der Waals surface area contributed by atoms with Crippen LogP contribution in [0.2, 0.25) is 0 Å². The van der Waals surface area contributed by atoms with Gasteiger partial charge in [-0.05, 0) is 39.0 Å². The van der Waals surface area contributed by atoms with E-state index in [-0.39, 0.29) is 5.78 Å². The Morgan fingerprint density at radius 3 is 2.56 bits per heavy atom. The number of benzene rings is 2. The molecule has 3 heterocycles. The number of carbonyl (C=O) groups excluding carboxylic acids is 1. The summed E-state index contributed by atoms with van der Waals surface area (Å²) >= 11 is 0. The molecule has 3 aliphatic rings. The van der Waals surface area contributed by atoms with Gasteiger partial charge in [-0.3, -0.25) is 4.79 Å². The summed E-state index contributed by atoms with van der Waals surface area (Å²) in [6.07, 6.45) is 2.56. The minimum Gasteiger partial charge on any atom is -0.383 e. The second kappa shape index (κ2) is 7.90. The van der Waals surface area contributed by atoms with E-state index in [2.05, 4.69) is 38.3 Å². The summed E-state index contributed by atoms with van der Waals surface area (Å²) < 4.78 is 5.89. The molecule has 0 atom stereocenters. The molecule has 1 N–H and O–H groups in total. The normalized spacial score (nSPS) is 19.0. The van der Waals surface area contributed by atoms with Gasteiger partial charge in [0.1, 0.15) is 5.52 Å². The first-order chi connectivity index (χ1) is 15.7. The average molecular weight is 432 g/mol. The summed E-state index contributed by atoms with van der Waals surface area (Å²) in [6, 6.07) is 9.83. The minimum absolute atomic E-state index is 0.0508. The molecule has 3 aromatic rings. The zero-order valence-electron chi connectivity index (χ0n) is 18.6. The van der Waals surface area contributed by atoms with Crippen molar-refractivity contribution in [3.63, 3.8) is 0 Å². The molecule has 6 rings (SSSR count). The Balaban J connectivity index is 1.45. The average Bonchev–Trinajstić information content (AvgIpc) is 3.49. The third kappa shape index (κ3) is 3.19. The van der Waals surface area contributed by atoms with Crippen molar-refractivity contribution in [3.05, 3.63) is 41.5 Å². The summed E-state index contributed by atoms with van der Waals surface area (Å²) in [5.74, 6) is 0.763. The van der Waals surface area contributed by atoms with Gasteiger partial charge in [0, 0.05) is 56.1 Å². The van der Waals surface area contributed by atoms with Crippen LogP contribution in [-0.2, 0) is 0 Å². The van der Waals surface area contributed by atoms with Crippen molar-refractivity contribution in [2.24, 2.45) is 0 Å². The zero-order valence-corrected chi connectivity index (χ0v) is 18.6. The van der Waals surface area contributed by atoms with E-state index in [0.29, 0.717) is 16.9 Å². The number of aromatic nitrogens is 1. The van der Waals surface area contributed by atoms with Gasteiger partial charge in [0.25, 0.3) is 0 Å². The number of rotatable bonds is 5. The fourth-order valence-electron chi connectivity index (χ4n) is 5.33. The van der Waals surface area contributed by atoms with Gasteiger partial charge in [-0.15, -0.1) is 0 Å². The third-order valence-electron chi connectivity index (χ3n) is 7.16. The molecule has 2 fully saturated rings. The monoisotopic (exact) mass is 431 g/mol. The number of hydrogen-bond acceptors (Lipinski definition) is 7. The lowest BCUT2D eigenvalue weighted by atomic mass is 9.86. The number of piperazine rings is 1. The van der Waals surface area contributed by atoms with Crippen LogP contribution < -0.4 is 10.2 Å². The largest absolute Gasteiger partial charge is 0.383 e. The van der Waals surface area contributed by atoms with Gasteiger partial charge in [-0.25, -0.2) is 0 Å². The van der Waals surface area contributed by atoms with Crippen LogP contribution in [0.4, 0.5) is 11.4 Å². The van der Waals surface area contributed by atoms with Gasteiger partial charge in [0.2, 0.25) is 0 Å². The molecule has 1 aliphatic carbocycles. The number of carbonyl (C=O) groups is 1. The summed E-state index contributed by atoms with van der Waals surface area (Å²) in [7, 11) is 2.16. The molecule has 0 amide bonds. The summed E-state index contributed by atoms with van der Waals surface area (Å²) in [4.78, 5) is 20.8. The molecule has 0 saturated carbocycles. The first-order valence-corrected chi connectivity index (χ1v) is 11.7. The first-order valence-electron chi connectivity index (χ1n) is 11.7. The molecule has 7 nitrogen and oxygen atoms in total. The lowest BCUT2D eigenvalue weighted by Gasteiger charge is -2.34. The van der Waals surface area contributed by atoms with Gasteiger partial charge < -0.3 is 24.5 Å².